The van der Waals surface area contributed by atoms with Gasteiger partial charge in [0.25, 0.3) is 0 Å². The van der Waals surface area contributed by atoms with Gasteiger partial charge in [-0.1, -0.05) is 30.7 Å². The highest BCUT2D eigenvalue weighted by atomic mass is 16.5. The van der Waals surface area contributed by atoms with Crippen molar-refractivity contribution >= 4 is 11.0 Å². The largest absolute Gasteiger partial charge is 0.488 e. The van der Waals surface area contributed by atoms with Crippen LogP contribution in [0.4, 0.5) is 0 Å². The van der Waals surface area contributed by atoms with E-state index >= 15 is 0 Å². The van der Waals surface area contributed by atoms with Crippen molar-refractivity contribution in [1.29, 1.82) is 0 Å². The van der Waals surface area contributed by atoms with E-state index in [1.807, 2.05) is 32.0 Å². The Hall–Kier alpha value is -2.03. The maximum atomic E-state index is 12.6. The molecule has 3 rings (SSSR count). The van der Waals surface area contributed by atoms with Gasteiger partial charge in [0.15, 0.2) is 0 Å². The lowest BCUT2D eigenvalue weighted by molar-refractivity contribution is 0.169. The van der Waals surface area contributed by atoms with E-state index in [-0.39, 0.29) is 17.1 Å². The van der Waals surface area contributed by atoms with Gasteiger partial charge < -0.3 is 9.15 Å². The van der Waals surface area contributed by atoms with Crippen LogP contribution in [-0.2, 0) is 5.41 Å². The number of allylic oxidation sites excluding steroid dienone is 2. The topological polar surface area (TPSA) is 39.4 Å². The third kappa shape index (κ3) is 2.48. The predicted molar refractivity (Wildman–Crippen MR) is 93.3 cm³/mol. The van der Waals surface area contributed by atoms with Gasteiger partial charge in [0, 0.05) is 5.41 Å². The number of hydrogen-bond donors (Lipinski definition) is 0. The van der Waals surface area contributed by atoms with Crippen LogP contribution in [0.25, 0.3) is 11.0 Å². The average Bonchev–Trinajstić information content (AvgIpc) is 2.71. The predicted octanol–water partition coefficient (Wildman–Crippen LogP) is 4.89. The van der Waals surface area contributed by atoms with Gasteiger partial charge in [-0.2, -0.15) is 0 Å². The van der Waals surface area contributed by atoms with Crippen molar-refractivity contribution in [3.63, 3.8) is 0 Å². The monoisotopic (exact) mass is 312 g/mol. The van der Waals surface area contributed by atoms with E-state index in [0.29, 0.717) is 11.1 Å². The molecule has 122 valence electrons. The van der Waals surface area contributed by atoms with Crippen LogP contribution in [0.5, 0.6) is 5.75 Å². The number of rotatable bonds is 3. The zero-order valence-corrected chi connectivity index (χ0v) is 14.5. The van der Waals surface area contributed by atoms with E-state index in [0.717, 1.165) is 29.5 Å². The maximum Gasteiger partial charge on any atom is 0.343 e. The van der Waals surface area contributed by atoms with Gasteiger partial charge in [-0.15, -0.1) is 0 Å². The maximum absolute atomic E-state index is 12.6. The molecule has 0 amide bonds. The Bertz CT molecular complexity index is 840. The standard InChI is InChI=1S/C20H24O3/c1-12(2)8-7-11-20(5)14(4)22-18-16-13(3)9-6-10-15(16)23-19(21)17(18)20/h6,8-10,14H,7,11H2,1-5H3/t14-,20+/m0/s1. The molecule has 1 aliphatic heterocycles. The fourth-order valence-electron chi connectivity index (χ4n) is 3.49. The summed E-state index contributed by atoms with van der Waals surface area (Å²) in [5, 5.41) is 0.930. The van der Waals surface area contributed by atoms with Crippen molar-refractivity contribution < 1.29 is 9.15 Å². The Morgan fingerprint density at radius 3 is 2.78 bits per heavy atom. The molecule has 3 nitrogen and oxygen atoms in total. The first kappa shape index (κ1) is 15.9. The van der Waals surface area contributed by atoms with E-state index in [1.165, 1.54) is 5.57 Å². The quantitative estimate of drug-likeness (QED) is 0.598. The molecule has 0 saturated heterocycles. The first-order valence-corrected chi connectivity index (χ1v) is 8.21. The zero-order valence-electron chi connectivity index (χ0n) is 14.5. The van der Waals surface area contributed by atoms with E-state index in [2.05, 4.69) is 26.8 Å². The van der Waals surface area contributed by atoms with E-state index < -0.39 is 0 Å². The van der Waals surface area contributed by atoms with E-state index in [9.17, 15) is 4.79 Å². The van der Waals surface area contributed by atoms with Crippen LogP contribution in [0.3, 0.4) is 0 Å². The highest BCUT2D eigenvalue weighted by molar-refractivity contribution is 5.88. The van der Waals surface area contributed by atoms with Crippen molar-refractivity contribution in [2.75, 3.05) is 0 Å². The second-order valence-corrected chi connectivity index (χ2v) is 7.04. The Morgan fingerprint density at radius 2 is 2.09 bits per heavy atom. The summed E-state index contributed by atoms with van der Waals surface area (Å²) < 4.78 is 11.8. The van der Waals surface area contributed by atoms with Crippen molar-refractivity contribution in [2.45, 2.75) is 59.0 Å². The SMILES string of the molecule is CC(C)=CCC[C@@]1(C)c2c(c3c(C)cccc3oc2=O)O[C@H]1C. The van der Waals surface area contributed by atoms with Crippen molar-refractivity contribution in [1.82, 2.24) is 0 Å². The van der Waals surface area contributed by atoms with Crippen molar-refractivity contribution in [2.24, 2.45) is 0 Å². The third-order valence-corrected chi connectivity index (χ3v) is 5.07. The number of aryl methyl sites for hydroxylation is 1. The summed E-state index contributed by atoms with van der Waals surface area (Å²) >= 11 is 0. The summed E-state index contributed by atoms with van der Waals surface area (Å²) in [5.41, 5.74) is 3.09. The minimum atomic E-state index is -0.321. The Labute approximate surface area is 137 Å². The van der Waals surface area contributed by atoms with Gasteiger partial charge >= 0.3 is 5.63 Å². The fraction of sp³-hybridized carbons (Fsp3) is 0.450. The lowest BCUT2D eigenvalue weighted by Gasteiger charge is -2.26. The van der Waals surface area contributed by atoms with Crippen LogP contribution in [0.1, 0.15) is 51.7 Å². The molecule has 0 fully saturated rings. The molecule has 1 aromatic heterocycles. The molecule has 2 heterocycles. The first-order chi connectivity index (χ1) is 10.8. The van der Waals surface area contributed by atoms with Gasteiger partial charge in [-0.05, 0) is 52.2 Å². The Kier molecular flexibility index (Phi) is 3.83. The van der Waals surface area contributed by atoms with E-state index in [1.54, 1.807) is 0 Å². The third-order valence-electron chi connectivity index (χ3n) is 5.07. The van der Waals surface area contributed by atoms with Crippen molar-refractivity contribution in [3.8, 4) is 5.75 Å². The minimum absolute atomic E-state index is 0.0452. The van der Waals surface area contributed by atoms with Crippen LogP contribution in [0.15, 0.2) is 39.1 Å². The molecule has 2 aromatic rings. The van der Waals surface area contributed by atoms with Crippen molar-refractivity contribution in [3.05, 3.63) is 51.4 Å². The second kappa shape index (κ2) is 5.55. The number of hydrogen-bond acceptors (Lipinski definition) is 3. The van der Waals surface area contributed by atoms with E-state index in [4.69, 9.17) is 9.15 Å². The Morgan fingerprint density at radius 1 is 1.35 bits per heavy atom. The molecular weight excluding hydrogens is 288 g/mol. The summed E-state index contributed by atoms with van der Waals surface area (Å²) in [6.07, 6.45) is 3.96. The highest BCUT2D eigenvalue weighted by Gasteiger charge is 2.46. The number of benzene rings is 1. The molecule has 0 N–H and O–H groups in total. The molecule has 0 spiro atoms. The summed E-state index contributed by atoms with van der Waals surface area (Å²) in [6, 6.07) is 5.76. The summed E-state index contributed by atoms with van der Waals surface area (Å²) in [5.74, 6) is 0.724. The Balaban J connectivity index is 2.18. The van der Waals surface area contributed by atoms with Crippen LogP contribution in [0.2, 0.25) is 0 Å². The molecule has 1 aliphatic rings. The smallest absolute Gasteiger partial charge is 0.343 e. The van der Waals surface area contributed by atoms with Gasteiger partial charge in [0.2, 0.25) is 0 Å². The molecule has 2 atom stereocenters. The summed E-state index contributed by atoms with van der Waals surface area (Å²) in [6.45, 7) is 10.4. The first-order valence-electron chi connectivity index (χ1n) is 8.21. The summed E-state index contributed by atoms with van der Waals surface area (Å²) in [7, 11) is 0. The molecule has 0 saturated carbocycles. The fourth-order valence-corrected chi connectivity index (χ4v) is 3.49. The van der Waals surface area contributed by atoms with Crippen LogP contribution < -0.4 is 10.4 Å². The molecule has 23 heavy (non-hydrogen) atoms. The molecule has 0 bridgehead atoms. The van der Waals surface area contributed by atoms with Crippen LogP contribution >= 0.6 is 0 Å². The second-order valence-electron chi connectivity index (χ2n) is 7.04. The molecule has 0 radical (unpaired) electrons. The highest BCUT2D eigenvalue weighted by Crippen LogP contribution is 2.47. The lowest BCUT2D eigenvalue weighted by atomic mass is 9.76. The van der Waals surface area contributed by atoms with Gasteiger partial charge in [0.1, 0.15) is 17.4 Å². The zero-order chi connectivity index (χ0) is 16.8. The molecular formula is C20H24O3. The lowest BCUT2D eigenvalue weighted by Crippen LogP contribution is -2.35. The van der Waals surface area contributed by atoms with Gasteiger partial charge in [-0.3, -0.25) is 0 Å². The molecule has 0 unspecified atom stereocenters. The number of fused-ring (bicyclic) bond motifs is 3. The minimum Gasteiger partial charge on any atom is -0.488 e. The molecule has 0 aliphatic carbocycles. The molecule has 3 heteroatoms. The van der Waals surface area contributed by atoms with Gasteiger partial charge in [0.05, 0.1) is 10.9 Å². The summed E-state index contributed by atoms with van der Waals surface area (Å²) in [4.78, 5) is 12.6. The normalized spacial score (nSPS) is 22.7. The molecule has 1 aromatic carbocycles. The number of ether oxygens (including phenoxy) is 1. The average molecular weight is 312 g/mol. The van der Waals surface area contributed by atoms with Gasteiger partial charge in [-0.25, -0.2) is 4.79 Å². The van der Waals surface area contributed by atoms with Crippen LogP contribution in [-0.4, -0.2) is 6.10 Å². The van der Waals surface area contributed by atoms with Crippen LogP contribution in [0, 0.1) is 6.92 Å².